The zero-order valence-electron chi connectivity index (χ0n) is 10.7. The lowest BCUT2D eigenvalue weighted by Gasteiger charge is -2.04. The number of rotatable bonds is 4. The van der Waals surface area contributed by atoms with E-state index in [0.29, 0.717) is 22.7 Å². The van der Waals surface area contributed by atoms with Gasteiger partial charge in [-0.15, -0.1) is 0 Å². The summed E-state index contributed by atoms with van der Waals surface area (Å²) in [5, 5.41) is 30.9. The van der Waals surface area contributed by atoms with Crippen LogP contribution in [-0.2, 0) is 0 Å². The molecule has 1 aromatic rings. The van der Waals surface area contributed by atoms with Crippen LogP contribution >= 0.6 is 0 Å². The Morgan fingerprint density at radius 1 is 0.556 bits per heavy atom. The van der Waals surface area contributed by atoms with Crippen molar-refractivity contribution in [2.75, 3.05) is 28.2 Å². The molecule has 0 N–H and O–H groups in total. The summed E-state index contributed by atoms with van der Waals surface area (Å²) in [4.78, 5) is 0. The average molecular weight is 246 g/mol. The Hall–Kier alpha value is -2.38. The van der Waals surface area contributed by atoms with Gasteiger partial charge >= 0.3 is 0 Å². The summed E-state index contributed by atoms with van der Waals surface area (Å²) < 4.78 is 0. The van der Waals surface area contributed by atoms with Crippen LogP contribution < -0.4 is 0 Å². The molecule has 0 aliphatic carbocycles. The van der Waals surface area contributed by atoms with Crippen LogP contribution in [0.2, 0.25) is 0 Å². The van der Waals surface area contributed by atoms with Gasteiger partial charge in [-0.3, -0.25) is 0 Å². The van der Waals surface area contributed by atoms with E-state index >= 15 is 0 Å². The molecule has 0 aliphatic rings. The Labute approximate surface area is 105 Å². The number of nitrogens with zero attached hydrogens (tertiary/aromatic N) is 8. The highest BCUT2D eigenvalue weighted by Gasteiger charge is 2.13. The van der Waals surface area contributed by atoms with Crippen molar-refractivity contribution < 1.29 is 0 Å². The van der Waals surface area contributed by atoms with Crippen molar-refractivity contribution in [3.63, 3.8) is 0 Å². The van der Waals surface area contributed by atoms with Gasteiger partial charge in [0.05, 0.1) is 0 Å². The van der Waals surface area contributed by atoms with Crippen LogP contribution in [-0.4, -0.2) is 28.2 Å². The summed E-state index contributed by atoms with van der Waals surface area (Å²) in [5.74, 6) is 0. The van der Waals surface area contributed by atoms with Crippen LogP contribution in [0.4, 0.5) is 22.7 Å². The molecule has 8 heteroatoms. The normalized spacial score (nSPS) is 12.7. The molecule has 94 valence electrons. The zero-order chi connectivity index (χ0) is 13.4. The molecule has 8 nitrogen and oxygen atoms in total. The van der Waals surface area contributed by atoms with Crippen LogP contribution in [0.5, 0.6) is 0 Å². The number of azo groups is 4. The highest BCUT2D eigenvalue weighted by molar-refractivity contribution is 5.83. The van der Waals surface area contributed by atoms with E-state index in [9.17, 15) is 0 Å². The molecule has 0 atom stereocenters. The minimum Gasteiger partial charge on any atom is -0.192 e. The molecule has 0 spiro atoms. The lowest BCUT2D eigenvalue weighted by molar-refractivity contribution is 1.09. The minimum atomic E-state index is 0.471. The predicted molar refractivity (Wildman–Crippen MR) is 68.2 cm³/mol. The Bertz CT molecular complexity index is 468. The van der Waals surface area contributed by atoms with Gasteiger partial charge in [-0.1, -0.05) is 0 Å². The Kier molecular flexibility index (Phi) is 5.36. The first kappa shape index (κ1) is 13.7. The van der Waals surface area contributed by atoms with Gasteiger partial charge in [0.15, 0.2) is 0 Å². The van der Waals surface area contributed by atoms with Gasteiger partial charge in [-0.25, -0.2) is 0 Å². The minimum absolute atomic E-state index is 0.471. The Balaban J connectivity index is 3.58. The first-order chi connectivity index (χ1) is 8.78. The molecule has 1 rings (SSSR count). The zero-order valence-corrected chi connectivity index (χ0v) is 10.7. The molecule has 0 bridgehead atoms. The van der Waals surface area contributed by atoms with E-state index in [0.717, 1.165) is 0 Å². The topological polar surface area (TPSA) is 98.9 Å². The van der Waals surface area contributed by atoms with Gasteiger partial charge in [0, 0.05) is 28.2 Å². The monoisotopic (exact) mass is 246 g/mol. The van der Waals surface area contributed by atoms with Gasteiger partial charge in [-0.2, -0.15) is 40.9 Å². The fourth-order valence-corrected chi connectivity index (χ4v) is 1.33. The van der Waals surface area contributed by atoms with Gasteiger partial charge in [0.2, 0.25) is 0 Å². The smallest absolute Gasteiger partial charge is 0.142 e. The van der Waals surface area contributed by atoms with Crippen LogP contribution in [0, 0.1) is 0 Å². The second-order valence-electron chi connectivity index (χ2n) is 3.00. The Morgan fingerprint density at radius 3 is 1.17 bits per heavy atom. The molecule has 0 heterocycles. The van der Waals surface area contributed by atoms with Crippen molar-refractivity contribution in [3.05, 3.63) is 12.1 Å². The fraction of sp³-hybridized carbons (Fsp3) is 0.400. The van der Waals surface area contributed by atoms with Gasteiger partial charge in [0.1, 0.15) is 22.7 Å². The third-order valence-corrected chi connectivity index (χ3v) is 1.92. The summed E-state index contributed by atoms with van der Waals surface area (Å²) in [7, 11) is 6.28. The predicted octanol–water partition coefficient (Wildman–Crippen LogP) is 4.54. The van der Waals surface area contributed by atoms with E-state index in [4.69, 9.17) is 0 Å². The molecule has 0 aliphatic heterocycles. The van der Waals surface area contributed by atoms with Crippen LogP contribution in [0.1, 0.15) is 0 Å². The third-order valence-electron chi connectivity index (χ3n) is 1.92. The van der Waals surface area contributed by atoms with E-state index in [1.807, 2.05) is 0 Å². The molecule has 18 heavy (non-hydrogen) atoms. The molecule has 0 unspecified atom stereocenters. The van der Waals surface area contributed by atoms with Crippen molar-refractivity contribution >= 4 is 22.7 Å². The second kappa shape index (κ2) is 7.05. The lowest BCUT2D eigenvalue weighted by Crippen LogP contribution is -1.73. The number of benzene rings is 1. The van der Waals surface area contributed by atoms with Crippen molar-refractivity contribution in [1.29, 1.82) is 0 Å². The summed E-state index contributed by atoms with van der Waals surface area (Å²) in [6, 6.07) is 3.46. The van der Waals surface area contributed by atoms with Crippen molar-refractivity contribution in [2.24, 2.45) is 40.9 Å². The molecule has 0 aromatic heterocycles. The fourth-order valence-electron chi connectivity index (χ4n) is 1.33. The summed E-state index contributed by atoms with van der Waals surface area (Å²) in [5.41, 5.74) is 2.05. The van der Waals surface area contributed by atoms with E-state index < -0.39 is 0 Å². The molecule has 0 radical (unpaired) electrons. The van der Waals surface area contributed by atoms with Gasteiger partial charge in [0.25, 0.3) is 0 Å². The second-order valence-corrected chi connectivity index (χ2v) is 3.00. The first-order valence-electron chi connectivity index (χ1n) is 5.14. The quantitative estimate of drug-likeness (QED) is 0.696. The maximum atomic E-state index is 4.00. The molecule has 0 fully saturated rings. The van der Waals surface area contributed by atoms with E-state index in [2.05, 4.69) is 40.9 Å². The van der Waals surface area contributed by atoms with Crippen LogP contribution in [0.25, 0.3) is 0 Å². The molecule has 0 amide bonds. The number of hydrogen-bond donors (Lipinski definition) is 0. The van der Waals surface area contributed by atoms with Crippen LogP contribution in [0.15, 0.2) is 53.0 Å². The van der Waals surface area contributed by atoms with Gasteiger partial charge in [-0.05, 0) is 12.1 Å². The molecule has 0 saturated carbocycles. The third kappa shape index (κ3) is 3.06. The maximum Gasteiger partial charge on any atom is 0.142 e. The highest BCUT2D eigenvalue weighted by atomic mass is 15.2. The van der Waals surface area contributed by atoms with Crippen molar-refractivity contribution in [3.8, 4) is 0 Å². The standard InChI is InChI=1S/C10H14N8/c1-11-15-7-5-6-8(16-12-2)10(18-14-4)9(7)17-13-3/h5-6H,1-4H3. The first-order valence-corrected chi connectivity index (χ1v) is 5.14. The largest absolute Gasteiger partial charge is 0.192 e. The van der Waals surface area contributed by atoms with Crippen LogP contribution in [0.3, 0.4) is 0 Å². The van der Waals surface area contributed by atoms with Crippen molar-refractivity contribution in [2.45, 2.75) is 0 Å². The van der Waals surface area contributed by atoms with Gasteiger partial charge < -0.3 is 0 Å². The molecule has 1 aromatic carbocycles. The highest BCUT2D eigenvalue weighted by Crippen LogP contribution is 2.45. The van der Waals surface area contributed by atoms with E-state index in [1.165, 1.54) is 0 Å². The van der Waals surface area contributed by atoms with Crippen molar-refractivity contribution in [1.82, 2.24) is 0 Å². The lowest BCUT2D eigenvalue weighted by atomic mass is 10.2. The summed E-state index contributed by atoms with van der Waals surface area (Å²) >= 11 is 0. The Morgan fingerprint density at radius 2 is 0.889 bits per heavy atom. The number of hydrogen-bond acceptors (Lipinski definition) is 8. The maximum absolute atomic E-state index is 4.00. The molecular weight excluding hydrogens is 232 g/mol. The average Bonchev–Trinajstić information content (AvgIpc) is 2.37. The summed E-state index contributed by atoms with van der Waals surface area (Å²) in [6.45, 7) is 0. The molecule has 0 saturated heterocycles. The molecular formula is C10H14N8. The van der Waals surface area contributed by atoms with E-state index in [-0.39, 0.29) is 0 Å². The summed E-state index contributed by atoms with van der Waals surface area (Å²) in [6.07, 6.45) is 0. The SMILES string of the molecule is CN=Nc1ccc(N=NC)c(N=NC)c1N=NC. The van der Waals surface area contributed by atoms with E-state index in [1.54, 1.807) is 40.3 Å².